The van der Waals surface area contributed by atoms with Crippen molar-refractivity contribution < 1.29 is 0 Å². The summed E-state index contributed by atoms with van der Waals surface area (Å²) in [7, 11) is 0. The summed E-state index contributed by atoms with van der Waals surface area (Å²) >= 11 is 0. The van der Waals surface area contributed by atoms with Gasteiger partial charge in [0.1, 0.15) is 5.82 Å². The number of nitrogens with zero attached hydrogens (tertiary/aromatic N) is 2. The predicted octanol–water partition coefficient (Wildman–Crippen LogP) is 1.18. The van der Waals surface area contributed by atoms with E-state index in [1.165, 1.54) is 0 Å². The van der Waals surface area contributed by atoms with Gasteiger partial charge < -0.3 is 10.3 Å². The second kappa shape index (κ2) is 4.18. The minimum absolute atomic E-state index is 0.0239. The van der Waals surface area contributed by atoms with Crippen molar-refractivity contribution in [2.45, 2.75) is 13.5 Å². The average Bonchev–Trinajstić information content (AvgIpc) is 2.24. The topological polar surface area (TPSA) is 60.9 Å². The molecule has 82 valence electrons. The van der Waals surface area contributed by atoms with Gasteiger partial charge in [0.25, 0.3) is 5.56 Å². The third-order valence-corrected chi connectivity index (χ3v) is 2.42. The zero-order valence-corrected chi connectivity index (χ0v) is 9.05. The standard InChI is InChI=1S/C12H13N3O/c1-9-4-2-7-12(16)15(9)8-10-5-3-6-11(13)14-10/h2-7H,8H2,1H3,(H2,13,14). The van der Waals surface area contributed by atoms with E-state index in [1.807, 2.05) is 25.1 Å². The summed E-state index contributed by atoms with van der Waals surface area (Å²) in [5.41, 5.74) is 7.27. The van der Waals surface area contributed by atoms with Crippen LogP contribution < -0.4 is 11.3 Å². The Morgan fingerprint density at radius 1 is 1.25 bits per heavy atom. The highest BCUT2D eigenvalue weighted by Crippen LogP contribution is 2.03. The Hall–Kier alpha value is -2.10. The molecule has 0 radical (unpaired) electrons. The van der Waals surface area contributed by atoms with Crippen LogP contribution in [0.4, 0.5) is 5.82 Å². The molecule has 0 aliphatic rings. The summed E-state index contributed by atoms with van der Waals surface area (Å²) in [6.45, 7) is 2.35. The maximum Gasteiger partial charge on any atom is 0.251 e. The first-order chi connectivity index (χ1) is 7.66. The van der Waals surface area contributed by atoms with Crippen LogP contribution in [0, 0.1) is 6.92 Å². The van der Waals surface area contributed by atoms with E-state index >= 15 is 0 Å². The first kappa shape index (κ1) is 10.4. The predicted molar refractivity (Wildman–Crippen MR) is 63.2 cm³/mol. The highest BCUT2D eigenvalue weighted by atomic mass is 16.1. The normalized spacial score (nSPS) is 10.3. The molecule has 2 heterocycles. The van der Waals surface area contributed by atoms with Crippen LogP contribution in [0.5, 0.6) is 0 Å². The van der Waals surface area contributed by atoms with Gasteiger partial charge in [-0.05, 0) is 25.1 Å². The molecule has 0 bridgehead atoms. The smallest absolute Gasteiger partial charge is 0.251 e. The average molecular weight is 215 g/mol. The summed E-state index contributed by atoms with van der Waals surface area (Å²) < 4.78 is 1.67. The van der Waals surface area contributed by atoms with Gasteiger partial charge >= 0.3 is 0 Å². The van der Waals surface area contributed by atoms with Crippen LogP contribution in [-0.2, 0) is 6.54 Å². The van der Waals surface area contributed by atoms with Crippen LogP contribution in [0.2, 0.25) is 0 Å². The van der Waals surface area contributed by atoms with Crippen molar-refractivity contribution in [2.24, 2.45) is 0 Å². The van der Waals surface area contributed by atoms with Crippen LogP contribution in [0.25, 0.3) is 0 Å². The molecule has 2 rings (SSSR count). The third kappa shape index (κ3) is 2.11. The summed E-state index contributed by atoms with van der Waals surface area (Å²) in [5, 5.41) is 0. The van der Waals surface area contributed by atoms with Gasteiger partial charge in [0, 0.05) is 11.8 Å². The lowest BCUT2D eigenvalue weighted by Crippen LogP contribution is -2.22. The number of nitrogen functional groups attached to an aromatic ring is 1. The molecule has 0 aromatic carbocycles. The van der Waals surface area contributed by atoms with E-state index in [9.17, 15) is 4.79 Å². The molecule has 0 spiro atoms. The van der Waals surface area contributed by atoms with Crippen LogP contribution in [0.15, 0.2) is 41.2 Å². The fraction of sp³-hybridized carbons (Fsp3) is 0.167. The number of aromatic nitrogens is 2. The van der Waals surface area contributed by atoms with Crippen molar-refractivity contribution >= 4 is 5.82 Å². The number of nitrogens with two attached hydrogens (primary N) is 1. The molecule has 2 N–H and O–H groups in total. The van der Waals surface area contributed by atoms with Crippen LogP contribution in [0.3, 0.4) is 0 Å². The van der Waals surface area contributed by atoms with E-state index in [1.54, 1.807) is 22.8 Å². The molecule has 0 fully saturated rings. The van der Waals surface area contributed by atoms with Gasteiger partial charge in [-0.2, -0.15) is 0 Å². The van der Waals surface area contributed by atoms with Gasteiger partial charge in [0.2, 0.25) is 0 Å². The van der Waals surface area contributed by atoms with Crippen LogP contribution >= 0.6 is 0 Å². The van der Waals surface area contributed by atoms with Crippen molar-refractivity contribution in [2.75, 3.05) is 5.73 Å². The molecule has 0 aliphatic heterocycles. The van der Waals surface area contributed by atoms with Gasteiger partial charge in [0.05, 0.1) is 12.2 Å². The Morgan fingerprint density at radius 2 is 2.00 bits per heavy atom. The molecule has 2 aromatic heterocycles. The molecule has 0 amide bonds. The lowest BCUT2D eigenvalue weighted by Gasteiger charge is -2.08. The first-order valence-electron chi connectivity index (χ1n) is 5.05. The SMILES string of the molecule is Cc1cccc(=O)n1Cc1cccc(N)n1. The van der Waals surface area contributed by atoms with E-state index in [2.05, 4.69) is 4.98 Å². The lowest BCUT2D eigenvalue weighted by molar-refractivity contribution is 0.714. The maximum absolute atomic E-state index is 11.6. The molecule has 0 saturated heterocycles. The Morgan fingerprint density at radius 3 is 2.69 bits per heavy atom. The van der Waals surface area contributed by atoms with Gasteiger partial charge in [0.15, 0.2) is 0 Å². The molecular formula is C12H13N3O. The maximum atomic E-state index is 11.6. The van der Waals surface area contributed by atoms with E-state index in [0.717, 1.165) is 11.4 Å². The second-order valence-electron chi connectivity index (χ2n) is 3.65. The lowest BCUT2D eigenvalue weighted by atomic mass is 10.3. The van der Waals surface area contributed by atoms with Gasteiger partial charge in [-0.1, -0.05) is 12.1 Å². The van der Waals surface area contributed by atoms with Gasteiger partial charge in [-0.15, -0.1) is 0 Å². The van der Waals surface area contributed by atoms with E-state index in [4.69, 9.17) is 5.73 Å². The Kier molecular flexibility index (Phi) is 2.72. The molecule has 0 unspecified atom stereocenters. The largest absolute Gasteiger partial charge is 0.384 e. The molecule has 0 atom stereocenters. The summed E-state index contributed by atoms with van der Waals surface area (Å²) in [6, 6.07) is 10.6. The van der Waals surface area contributed by atoms with Crippen LogP contribution in [0.1, 0.15) is 11.4 Å². The quantitative estimate of drug-likeness (QED) is 0.818. The Balaban J connectivity index is 2.38. The molecule has 0 aliphatic carbocycles. The molecular weight excluding hydrogens is 202 g/mol. The summed E-state index contributed by atoms with van der Waals surface area (Å²) in [6.07, 6.45) is 0. The fourth-order valence-electron chi connectivity index (χ4n) is 1.57. The minimum Gasteiger partial charge on any atom is -0.384 e. The highest BCUT2D eigenvalue weighted by molar-refractivity contribution is 5.29. The monoisotopic (exact) mass is 215 g/mol. The summed E-state index contributed by atoms with van der Waals surface area (Å²) in [4.78, 5) is 15.8. The number of rotatable bonds is 2. The molecule has 4 heteroatoms. The molecule has 16 heavy (non-hydrogen) atoms. The second-order valence-corrected chi connectivity index (χ2v) is 3.65. The van der Waals surface area contributed by atoms with E-state index in [0.29, 0.717) is 12.4 Å². The van der Waals surface area contributed by atoms with E-state index in [-0.39, 0.29) is 5.56 Å². The molecule has 2 aromatic rings. The van der Waals surface area contributed by atoms with Gasteiger partial charge in [-0.3, -0.25) is 4.79 Å². The number of hydrogen-bond donors (Lipinski definition) is 1. The first-order valence-corrected chi connectivity index (χ1v) is 5.05. The highest BCUT2D eigenvalue weighted by Gasteiger charge is 2.01. The Bertz CT molecular complexity index is 560. The number of pyridine rings is 2. The zero-order valence-electron chi connectivity index (χ0n) is 9.05. The van der Waals surface area contributed by atoms with Crippen molar-refractivity contribution in [3.05, 3.63) is 58.1 Å². The minimum atomic E-state index is -0.0239. The van der Waals surface area contributed by atoms with Gasteiger partial charge in [-0.25, -0.2) is 4.98 Å². The van der Waals surface area contributed by atoms with Crippen LogP contribution in [-0.4, -0.2) is 9.55 Å². The molecule has 0 saturated carbocycles. The fourth-order valence-corrected chi connectivity index (χ4v) is 1.57. The van der Waals surface area contributed by atoms with Crippen molar-refractivity contribution in [3.63, 3.8) is 0 Å². The van der Waals surface area contributed by atoms with E-state index < -0.39 is 0 Å². The molecule has 4 nitrogen and oxygen atoms in total. The van der Waals surface area contributed by atoms with Crippen molar-refractivity contribution in [1.82, 2.24) is 9.55 Å². The number of anilines is 1. The van der Waals surface area contributed by atoms with Crippen molar-refractivity contribution in [1.29, 1.82) is 0 Å². The third-order valence-electron chi connectivity index (χ3n) is 2.42. The summed E-state index contributed by atoms with van der Waals surface area (Å²) in [5.74, 6) is 0.471. The van der Waals surface area contributed by atoms with Crippen molar-refractivity contribution in [3.8, 4) is 0 Å². The zero-order chi connectivity index (χ0) is 11.5. The Labute approximate surface area is 93.4 Å². The number of aryl methyl sites for hydroxylation is 1. The number of hydrogen-bond acceptors (Lipinski definition) is 3.